The van der Waals surface area contributed by atoms with Gasteiger partial charge in [0.05, 0.1) is 6.42 Å². The van der Waals surface area contributed by atoms with E-state index < -0.39 is 6.04 Å². The fourth-order valence-electron chi connectivity index (χ4n) is 2.44. The zero-order chi connectivity index (χ0) is 16.4. The zero-order valence-corrected chi connectivity index (χ0v) is 13.1. The van der Waals surface area contributed by atoms with Crippen molar-refractivity contribution in [3.05, 3.63) is 47.3 Å². The quantitative estimate of drug-likeness (QED) is 0.763. The van der Waals surface area contributed by atoms with E-state index in [1.165, 1.54) is 0 Å². The van der Waals surface area contributed by atoms with Crippen molar-refractivity contribution in [2.45, 2.75) is 32.9 Å². The van der Waals surface area contributed by atoms with Crippen LogP contribution >= 0.6 is 0 Å². The maximum atomic E-state index is 12.5. The van der Waals surface area contributed by atoms with E-state index in [1.54, 1.807) is 5.01 Å². The Morgan fingerprint density at radius 3 is 2.78 bits per heavy atom. The van der Waals surface area contributed by atoms with Crippen molar-refractivity contribution in [1.82, 2.24) is 21.1 Å². The van der Waals surface area contributed by atoms with Gasteiger partial charge in [0.25, 0.3) is 0 Å². The Kier molecular flexibility index (Phi) is 4.01. The van der Waals surface area contributed by atoms with Crippen molar-refractivity contribution in [1.29, 1.82) is 0 Å². The van der Waals surface area contributed by atoms with Crippen molar-refractivity contribution in [2.75, 3.05) is 0 Å². The van der Waals surface area contributed by atoms with Gasteiger partial charge in [0.2, 0.25) is 17.8 Å². The summed E-state index contributed by atoms with van der Waals surface area (Å²) in [6, 6.07) is 9.02. The van der Waals surface area contributed by atoms with Gasteiger partial charge < -0.3 is 5.32 Å². The molecule has 2 heterocycles. The third-order valence-corrected chi connectivity index (χ3v) is 3.70. The van der Waals surface area contributed by atoms with E-state index in [1.807, 2.05) is 44.2 Å². The first-order chi connectivity index (χ1) is 11.0. The Hall–Kier alpha value is -2.83. The third-order valence-electron chi connectivity index (χ3n) is 3.70. The number of carbonyl (C=O) groups is 2. The number of rotatable bonds is 3. The number of nitrogens with one attached hydrogen (secondary N) is 3. The molecule has 1 atom stereocenters. The average Bonchev–Trinajstić information content (AvgIpc) is 2.97. The maximum Gasteiger partial charge on any atom is 0.245 e. The lowest BCUT2D eigenvalue weighted by Crippen LogP contribution is -2.61. The normalized spacial score (nSPS) is 19.5. The molecule has 0 radical (unpaired) electrons. The van der Waals surface area contributed by atoms with Gasteiger partial charge in [-0.2, -0.15) is 4.99 Å². The minimum absolute atomic E-state index is 0.0860. The van der Waals surface area contributed by atoms with Gasteiger partial charge in [0.15, 0.2) is 0 Å². The number of hydrogen-bond acceptors (Lipinski definition) is 5. The van der Waals surface area contributed by atoms with Crippen LogP contribution < -0.4 is 16.1 Å². The van der Waals surface area contributed by atoms with Gasteiger partial charge in [-0.25, -0.2) is 5.01 Å². The minimum atomic E-state index is -0.622. The Balaban J connectivity index is 1.71. The summed E-state index contributed by atoms with van der Waals surface area (Å²) in [7, 11) is 0. The lowest BCUT2D eigenvalue weighted by Gasteiger charge is -2.32. The summed E-state index contributed by atoms with van der Waals surface area (Å²) in [6.45, 7) is 4.25. The molecule has 1 saturated heterocycles. The van der Waals surface area contributed by atoms with E-state index >= 15 is 0 Å². The highest BCUT2D eigenvalue weighted by atomic mass is 16.2. The standard InChI is InChI=1S/C16H19N5O2/c1-10(2)14-19-16-18-13(22)8-12(21(16)20-14)15(23)17-9-11-6-4-3-5-7-11/h3-7,12,20H,8-9H2,1-2H3,(H,17,23)(H,18,19,22)/t12-/m1/s1. The molecule has 7 heteroatoms. The molecule has 120 valence electrons. The van der Waals surface area contributed by atoms with Crippen molar-refractivity contribution >= 4 is 17.8 Å². The molecule has 0 spiro atoms. The molecule has 1 fully saturated rings. The summed E-state index contributed by atoms with van der Waals surface area (Å²) >= 11 is 0. The molecular weight excluding hydrogens is 294 g/mol. The fraction of sp³-hybridized carbons (Fsp3) is 0.312. The Morgan fingerprint density at radius 2 is 2.09 bits per heavy atom. The first kappa shape index (κ1) is 15.1. The smallest absolute Gasteiger partial charge is 0.245 e. The van der Waals surface area contributed by atoms with Crippen LogP contribution in [0.4, 0.5) is 0 Å². The molecule has 0 bridgehead atoms. The van der Waals surface area contributed by atoms with Crippen LogP contribution in [0.5, 0.6) is 0 Å². The number of fused-ring (bicyclic) bond motifs is 1. The topological polar surface area (TPSA) is 85.8 Å². The molecule has 3 rings (SSSR count). The lowest BCUT2D eigenvalue weighted by molar-refractivity contribution is -0.132. The first-order valence-electron chi connectivity index (χ1n) is 7.48. The average molecular weight is 313 g/mol. The van der Waals surface area contributed by atoms with Gasteiger partial charge in [-0.15, -0.1) is 0 Å². The highest BCUT2D eigenvalue weighted by Gasteiger charge is 2.39. The number of hydrazine groups is 1. The summed E-state index contributed by atoms with van der Waals surface area (Å²) in [5.74, 6) is 0.607. The van der Waals surface area contributed by atoms with Crippen LogP contribution in [0.3, 0.4) is 0 Å². The molecular formula is C16H19N5O2. The summed E-state index contributed by atoms with van der Waals surface area (Å²) in [4.78, 5) is 28.6. The predicted molar refractivity (Wildman–Crippen MR) is 85.6 cm³/mol. The number of guanidine groups is 1. The summed E-state index contributed by atoms with van der Waals surface area (Å²) in [6.07, 6.45) is 0.0860. The summed E-state index contributed by atoms with van der Waals surface area (Å²) in [5, 5.41) is 7.17. The highest BCUT2D eigenvalue weighted by molar-refractivity contribution is 6.05. The number of aliphatic imine (C=N–C) groups is 1. The van der Waals surface area contributed by atoms with Gasteiger partial charge in [-0.1, -0.05) is 30.3 Å². The monoisotopic (exact) mass is 313 g/mol. The molecule has 2 aliphatic heterocycles. The molecule has 23 heavy (non-hydrogen) atoms. The minimum Gasteiger partial charge on any atom is -0.350 e. The number of amides is 2. The molecule has 1 aromatic rings. The van der Waals surface area contributed by atoms with Gasteiger partial charge in [-0.05, 0) is 25.0 Å². The number of benzene rings is 1. The van der Waals surface area contributed by atoms with Gasteiger partial charge >= 0.3 is 0 Å². The second-order valence-electron chi connectivity index (χ2n) is 5.74. The van der Waals surface area contributed by atoms with Crippen molar-refractivity contribution < 1.29 is 9.59 Å². The van der Waals surface area contributed by atoms with Crippen molar-refractivity contribution in [3.8, 4) is 0 Å². The van der Waals surface area contributed by atoms with Gasteiger partial charge in [-0.3, -0.25) is 20.3 Å². The zero-order valence-electron chi connectivity index (χ0n) is 13.1. The van der Waals surface area contributed by atoms with Crippen LogP contribution in [0.2, 0.25) is 0 Å². The first-order valence-corrected chi connectivity index (χ1v) is 7.48. The summed E-state index contributed by atoms with van der Waals surface area (Å²) < 4.78 is 0. The second kappa shape index (κ2) is 6.12. The number of allylic oxidation sites excluding steroid dienone is 1. The van der Waals surface area contributed by atoms with Crippen LogP contribution in [-0.4, -0.2) is 28.8 Å². The molecule has 0 saturated carbocycles. The molecule has 2 aliphatic rings. The summed E-state index contributed by atoms with van der Waals surface area (Å²) in [5.41, 5.74) is 5.06. The van der Waals surface area contributed by atoms with Crippen LogP contribution in [0.1, 0.15) is 25.8 Å². The second-order valence-corrected chi connectivity index (χ2v) is 5.74. The number of carbonyl (C=O) groups excluding carboxylic acids is 2. The lowest BCUT2D eigenvalue weighted by atomic mass is 10.1. The van der Waals surface area contributed by atoms with E-state index in [2.05, 4.69) is 21.1 Å². The molecule has 0 unspecified atom stereocenters. The van der Waals surface area contributed by atoms with Crippen molar-refractivity contribution in [2.24, 2.45) is 4.99 Å². The molecule has 1 aromatic carbocycles. The van der Waals surface area contributed by atoms with Crippen molar-refractivity contribution in [3.63, 3.8) is 0 Å². The largest absolute Gasteiger partial charge is 0.350 e. The SMILES string of the molecule is CC(C)=C1N=C2NC(=O)C[C@H](C(=O)NCc3ccccc3)N2N1. The van der Waals surface area contributed by atoms with Crippen LogP contribution in [0.15, 0.2) is 46.7 Å². The van der Waals surface area contributed by atoms with Gasteiger partial charge in [0, 0.05) is 6.54 Å². The Labute approximate surface area is 134 Å². The Morgan fingerprint density at radius 1 is 1.35 bits per heavy atom. The van der Waals surface area contributed by atoms with Crippen LogP contribution in [-0.2, 0) is 16.1 Å². The molecule has 0 aromatic heterocycles. The molecule has 7 nitrogen and oxygen atoms in total. The van der Waals surface area contributed by atoms with Gasteiger partial charge in [0.1, 0.15) is 11.9 Å². The van der Waals surface area contributed by atoms with Crippen LogP contribution in [0, 0.1) is 0 Å². The molecule has 2 amide bonds. The number of nitrogens with zero attached hydrogens (tertiary/aromatic N) is 2. The maximum absolute atomic E-state index is 12.5. The van der Waals surface area contributed by atoms with E-state index in [-0.39, 0.29) is 18.2 Å². The fourth-order valence-corrected chi connectivity index (χ4v) is 2.44. The highest BCUT2D eigenvalue weighted by Crippen LogP contribution is 2.18. The predicted octanol–water partition coefficient (Wildman–Crippen LogP) is 0.619. The van der Waals surface area contributed by atoms with Crippen LogP contribution in [0.25, 0.3) is 0 Å². The van der Waals surface area contributed by atoms with E-state index in [9.17, 15) is 9.59 Å². The molecule has 3 N–H and O–H groups in total. The van der Waals surface area contributed by atoms with E-state index in [4.69, 9.17) is 0 Å². The molecule has 0 aliphatic carbocycles. The third kappa shape index (κ3) is 3.18. The van der Waals surface area contributed by atoms with E-state index in [0.717, 1.165) is 11.1 Å². The van der Waals surface area contributed by atoms with E-state index in [0.29, 0.717) is 18.3 Å². The Bertz CT molecular complexity index is 692. The number of hydrogen-bond donors (Lipinski definition) is 3.